The first-order chi connectivity index (χ1) is 10.0. The minimum Gasteiger partial charge on any atom is -0.379 e. The molecule has 1 aromatic rings. The SMILES string of the molecule is CCCNc1cc(C(=O)NC2(C)CCCOC2)cc(Cl)n1. The zero-order chi connectivity index (χ0) is 15.3. The van der Waals surface area contributed by atoms with Crippen LogP contribution < -0.4 is 10.6 Å². The maximum atomic E-state index is 12.4. The Morgan fingerprint density at radius 3 is 3.00 bits per heavy atom. The molecule has 2 N–H and O–H groups in total. The molecule has 6 heteroatoms. The van der Waals surface area contributed by atoms with Crippen LogP contribution in [0.5, 0.6) is 0 Å². The number of carbonyl (C=O) groups is 1. The number of anilines is 1. The van der Waals surface area contributed by atoms with Crippen molar-refractivity contribution in [3.8, 4) is 0 Å². The number of hydrogen-bond donors (Lipinski definition) is 2. The largest absolute Gasteiger partial charge is 0.379 e. The number of amides is 1. The van der Waals surface area contributed by atoms with Crippen molar-refractivity contribution in [3.63, 3.8) is 0 Å². The van der Waals surface area contributed by atoms with Crippen LogP contribution in [0.4, 0.5) is 5.82 Å². The summed E-state index contributed by atoms with van der Waals surface area (Å²) in [6.45, 7) is 6.16. The van der Waals surface area contributed by atoms with E-state index in [1.165, 1.54) is 0 Å². The Hall–Kier alpha value is -1.33. The number of nitrogens with one attached hydrogen (secondary N) is 2. The summed E-state index contributed by atoms with van der Waals surface area (Å²) in [5, 5.41) is 6.50. The van der Waals surface area contributed by atoms with Crippen molar-refractivity contribution in [2.75, 3.05) is 25.1 Å². The molecule has 2 heterocycles. The molecule has 0 bridgehead atoms. The highest BCUT2D eigenvalue weighted by Gasteiger charge is 2.29. The molecule has 1 amide bonds. The molecule has 0 spiro atoms. The van der Waals surface area contributed by atoms with Crippen LogP contribution >= 0.6 is 11.6 Å². The molecule has 0 aromatic carbocycles. The van der Waals surface area contributed by atoms with Crippen molar-refractivity contribution in [3.05, 3.63) is 22.8 Å². The Morgan fingerprint density at radius 2 is 2.33 bits per heavy atom. The van der Waals surface area contributed by atoms with E-state index >= 15 is 0 Å². The third-order valence-corrected chi connectivity index (χ3v) is 3.66. The number of halogens is 1. The zero-order valence-corrected chi connectivity index (χ0v) is 13.3. The third-order valence-electron chi connectivity index (χ3n) is 3.47. The fourth-order valence-corrected chi connectivity index (χ4v) is 2.56. The van der Waals surface area contributed by atoms with Crippen LogP contribution in [-0.4, -0.2) is 36.2 Å². The van der Waals surface area contributed by atoms with Gasteiger partial charge in [0, 0.05) is 18.7 Å². The number of pyridine rings is 1. The molecule has 1 saturated heterocycles. The molecule has 1 aliphatic heterocycles. The molecule has 0 aliphatic carbocycles. The van der Waals surface area contributed by atoms with Gasteiger partial charge in [-0.15, -0.1) is 0 Å². The van der Waals surface area contributed by atoms with E-state index < -0.39 is 0 Å². The molecule has 21 heavy (non-hydrogen) atoms. The van der Waals surface area contributed by atoms with Gasteiger partial charge in [-0.05, 0) is 38.3 Å². The molecular weight excluding hydrogens is 290 g/mol. The smallest absolute Gasteiger partial charge is 0.252 e. The Bertz CT molecular complexity index is 502. The van der Waals surface area contributed by atoms with E-state index in [2.05, 4.69) is 22.5 Å². The van der Waals surface area contributed by atoms with Gasteiger partial charge in [-0.3, -0.25) is 4.79 Å². The lowest BCUT2D eigenvalue weighted by Gasteiger charge is -2.34. The van der Waals surface area contributed by atoms with E-state index in [4.69, 9.17) is 16.3 Å². The summed E-state index contributed by atoms with van der Waals surface area (Å²) < 4.78 is 5.46. The van der Waals surface area contributed by atoms with Crippen LogP contribution in [0.25, 0.3) is 0 Å². The summed E-state index contributed by atoms with van der Waals surface area (Å²) in [5.74, 6) is 0.478. The van der Waals surface area contributed by atoms with Crippen molar-refractivity contribution in [1.29, 1.82) is 0 Å². The van der Waals surface area contributed by atoms with E-state index in [9.17, 15) is 4.79 Å². The van der Waals surface area contributed by atoms with Crippen molar-refractivity contribution in [1.82, 2.24) is 10.3 Å². The maximum absolute atomic E-state index is 12.4. The summed E-state index contributed by atoms with van der Waals surface area (Å²) in [7, 11) is 0. The lowest BCUT2D eigenvalue weighted by molar-refractivity contribution is 0.0272. The first-order valence-electron chi connectivity index (χ1n) is 7.34. The molecule has 1 atom stereocenters. The van der Waals surface area contributed by atoms with Crippen LogP contribution in [0.1, 0.15) is 43.5 Å². The Morgan fingerprint density at radius 1 is 1.52 bits per heavy atom. The fourth-order valence-electron chi connectivity index (χ4n) is 2.35. The van der Waals surface area contributed by atoms with Crippen molar-refractivity contribution in [2.45, 2.75) is 38.6 Å². The van der Waals surface area contributed by atoms with Gasteiger partial charge >= 0.3 is 0 Å². The predicted molar refractivity (Wildman–Crippen MR) is 84.0 cm³/mol. The minimum atomic E-state index is -0.317. The normalized spacial score (nSPS) is 21.9. The average Bonchev–Trinajstić information content (AvgIpc) is 2.45. The van der Waals surface area contributed by atoms with Gasteiger partial charge in [0.15, 0.2) is 0 Å². The number of aromatic nitrogens is 1. The van der Waals surface area contributed by atoms with Crippen LogP contribution in [0, 0.1) is 0 Å². The first-order valence-corrected chi connectivity index (χ1v) is 7.72. The highest BCUT2D eigenvalue weighted by molar-refractivity contribution is 6.29. The molecule has 1 unspecified atom stereocenters. The molecule has 1 aromatic heterocycles. The monoisotopic (exact) mass is 311 g/mol. The van der Waals surface area contributed by atoms with E-state index in [0.717, 1.165) is 32.4 Å². The summed E-state index contributed by atoms with van der Waals surface area (Å²) in [6.07, 6.45) is 2.85. The lowest BCUT2D eigenvalue weighted by Crippen LogP contribution is -2.51. The molecule has 5 nitrogen and oxygen atoms in total. The van der Waals surface area contributed by atoms with Crippen LogP contribution in [0.15, 0.2) is 12.1 Å². The number of carbonyl (C=O) groups excluding carboxylic acids is 1. The second kappa shape index (κ2) is 7.09. The molecule has 116 valence electrons. The van der Waals surface area contributed by atoms with Crippen molar-refractivity contribution < 1.29 is 9.53 Å². The fraction of sp³-hybridized carbons (Fsp3) is 0.600. The average molecular weight is 312 g/mol. The second-order valence-electron chi connectivity index (χ2n) is 5.66. The quantitative estimate of drug-likeness (QED) is 0.821. The van der Waals surface area contributed by atoms with Gasteiger partial charge in [0.1, 0.15) is 11.0 Å². The second-order valence-corrected chi connectivity index (χ2v) is 6.05. The van der Waals surface area contributed by atoms with Crippen molar-refractivity contribution in [2.24, 2.45) is 0 Å². The van der Waals surface area contributed by atoms with E-state index in [1.54, 1.807) is 12.1 Å². The van der Waals surface area contributed by atoms with E-state index in [1.807, 2.05) is 6.92 Å². The van der Waals surface area contributed by atoms with E-state index in [0.29, 0.717) is 23.1 Å². The Balaban J connectivity index is 2.09. The Labute approximate surface area is 130 Å². The molecule has 0 radical (unpaired) electrons. The van der Waals surface area contributed by atoms with Gasteiger partial charge in [0.2, 0.25) is 0 Å². The van der Waals surface area contributed by atoms with Gasteiger partial charge in [0.25, 0.3) is 5.91 Å². The number of rotatable bonds is 5. The lowest BCUT2D eigenvalue weighted by atomic mass is 9.94. The van der Waals surface area contributed by atoms with Crippen LogP contribution in [0.2, 0.25) is 5.15 Å². The first kappa shape index (κ1) is 16.0. The van der Waals surface area contributed by atoms with Gasteiger partial charge in [-0.1, -0.05) is 18.5 Å². The van der Waals surface area contributed by atoms with Gasteiger partial charge < -0.3 is 15.4 Å². The maximum Gasteiger partial charge on any atom is 0.252 e. The highest BCUT2D eigenvalue weighted by Crippen LogP contribution is 2.20. The summed E-state index contributed by atoms with van der Waals surface area (Å²) >= 11 is 5.99. The molecule has 2 rings (SSSR count). The minimum absolute atomic E-state index is 0.146. The summed E-state index contributed by atoms with van der Waals surface area (Å²) in [5.41, 5.74) is 0.197. The predicted octanol–water partition coefficient (Wildman–Crippen LogP) is 2.86. The summed E-state index contributed by atoms with van der Waals surface area (Å²) in [6, 6.07) is 3.31. The number of hydrogen-bond acceptors (Lipinski definition) is 4. The molecule has 1 aliphatic rings. The number of nitrogens with zero attached hydrogens (tertiary/aromatic N) is 1. The molecular formula is C15H22ClN3O2. The standard InChI is InChI=1S/C15H22ClN3O2/c1-3-6-17-13-9-11(8-12(16)18-13)14(20)19-15(2)5-4-7-21-10-15/h8-9H,3-7,10H2,1-2H3,(H,17,18)(H,19,20). The molecule has 0 saturated carbocycles. The van der Waals surface area contributed by atoms with Crippen LogP contribution in [-0.2, 0) is 4.74 Å². The number of ether oxygens (including phenoxy) is 1. The van der Waals surface area contributed by atoms with Gasteiger partial charge in [-0.25, -0.2) is 4.98 Å². The van der Waals surface area contributed by atoms with E-state index in [-0.39, 0.29) is 11.4 Å². The van der Waals surface area contributed by atoms with Crippen molar-refractivity contribution >= 4 is 23.3 Å². The third kappa shape index (κ3) is 4.58. The highest BCUT2D eigenvalue weighted by atomic mass is 35.5. The van der Waals surface area contributed by atoms with Gasteiger partial charge in [-0.2, -0.15) is 0 Å². The summed E-state index contributed by atoms with van der Waals surface area (Å²) in [4.78, 5) is 16.6. The Kier molecular flexibility index (Phi) is 5.42. The van der Waals surface area contributed by atoms with Crippen LogP contribution in [0.3, 0.4) is 0 Å². The topological polar surface area (TPSA) is 63.2 Å². The zero-order valence-electron chi connectivity index (χ0n) is 12.5. The molecule has 1 fully saturated rings. The van der Waals surface area contributed by atoms with Gasteiger partial charge in [0.05, 0.1) is 12.1 Å².